The van der Waals surface area contributed by atoms with E-state index in [4.69, 9.17) is 37.4 Å². The van der Waals surface area contributed by atoms with Gasteiger partial charge in [-0.1, -0.05) is 41.4 Å². The van der Waals surface area contributed by atoms with E-state index in [0.717, 1.165) is 0 Å². The van der Waals surface area contributed by atoms with Gasteiger partial charge in [-0.15, -0.1) is 0 Å². The van der Waals surface area contributed by atoms with Gasteiger partial charge in [0.15, 0.2) is 6.79 Å². The van der Waals surface area contributed by atoms with Crippen LogP contribution in [-0.2, 0) is 24.3 Å². The number of esters is 1. The lowest BCUT2D eigenvalue weighted by Gasteiger charge is -2.33. The van der Waals surface area contributed by atoms with Crippen molar-refractivity contribution in [2.45, 2.75) is 31.4 Å². The second kappa shape index (κ2) is 10.1. The summed E-state index contributed by atoms with van der Waals surface area (Å²) in [7, 11) is -2.28. The fourth-order valence-corrected chi connectivity index (χ4v) is 6.25. The standard InChI is InChI=1S/C22H27Cl2NO6S/c1-4-30-21(26)16-9-11-25(13-16)32(27,28)22(2)10-5-6-15(12-22)19-18(31-14-29-3)8-7-17(23)20(19)24/h5-8,12,16H,4,9-11,13-14H2,1-3H3. The molecule has 1 aliphatic heterocycles. The number of benzene rings is 1. The van der Waals surface area contributed by atoms with Crippen LogP contribution >= 0.6 is 23.2 Å². The van der Waals surface area contributed by atoms with E-state index in [9.17, 15) is 13.2 Å². The van der Waals surface area contributed by atoms with E-state index < -0.39 is 20.7 Å². The van der Waals surface area contributed by atoms with Gasteiger partial charge >= 0.3 is 5.97 Å². The molecule has 1 fully saturated rings. The molecular formula is C22H27Cl2NO6S. The normalized spacial score (nSPS) is 23.8. The Bertz CT molecular complexity index is 1040. The van der Waals surface area contributed by atoms with Crippen molar-refractivity contribution in [2.24, 2.45) is 5.92 Å². The largest absolute Gasteiger partial charge is 0.467 e. The summed E-state index contributed by atoms with van der Waals surface area (Å²) in [4.78, 5) is 12.1. The van der Waals surface area contributed by atoms with E-state index in [1.165, 1.54) is 11.4 Å². The second-order valence-electron chi connectivity index (χ2n) is 7.90. The molecular weight excluding hydrogens is 477 g/mol. The molecule has 0 N–H and O–H groups in total. The highest BCUT2D eigenvalue weighted by Gasteiger charge is 2.46. The molecule has 0 saturated carbocycles. The predicted molar refractivity (Wildman–Crippen MR) is 124 cm³/mol. The Morgan fingerprint density at radius 3 is 2.75 bits per heavy atom. The monoisotopic (exact) mass is 503 g/mol. The van der Waals surface area contributed by atoms with E-state index in [-0.39, 0.29) is 43.9 Å². The maximum Gasteiger partial charge on any atom is 0.310 e. The summed E-state index contributed by atoms with van der Waals surface area (Å²) >= 11 is 12.7. The average molecular weight is 504 g/mol. The zero-order valence-electron chi connectivity index (χ0n) is 18.3. The van der Waals surface area contributed by atoms with Crippen molar-refractivity contribution in [3.8, 4) is 5.75 Å². The van der Waals surface area contributed by atoms with Crippen molar-refractivity contribution in [1.82, 2.24) is 4.31 Å². The molecule has 2 unspecified atom stereocenters. The molecule has 1 aromatic rings. The quantitative estimate of drug-likeness (QED) is 0.388. The molecule has 0 spiro atoms. The zero-order chi connectivity index (χ0) is 23.5. The lowest BCUT2D eigenvalue weighted by atomic mass is 9.92. The molecule has 2 aliphatic rings. The molecule has 1 aliphatic carbocycles. The van der Waals surface area contributed by atoms with Crippen LogP contribution < -0.4 is 4.74 Å². The fourth-order valence-electron chi connectivity index (χ4n) is 3.93. The fraction of sp³-hybridized carbons (Fsp3) is 0.500. The summed E-state index contributed by atoms with van der Waals surface area (Å²) in [5.74, 6) is -0.379. The molecule has 3 rings (SSSR count). The Labute approximate surface area is 199 Å². The number of nitrogens with zero attached hydrogens (tertiary/aromatic N) is 1. The van der Waals surface area contributed by atoms with E-state index >= 15 is 0 Å². The summed E-state index contributed by atoms with van der Waals surface area (Å²) in [6.45, 7) is 4.05. The first-order valence-electron chi connectivity index (χ1n) is 10.3. The van der Waals surface area contributed by atoms with Crippen LogP contribution in [0.15, 0.2) is 30.4 Å². The van der Waals surface area contributed by atoms with Crippen molar-refractivity contribution in [3.63, 3.8) is 0 Å². The van der Waals surface area contributed by atoms with Gasteiger partial charge in [0, 0.05) is 25.8 Å². The van der Waals surface area contributed by atoms with Crippen LogP contribution in [0.2, 0.25) is 10.0 Å². The summed E-state index contributed by atoms with van der Waals surface area (Å²) < 4.78 is 43.1. The van der Waals surface area contributed by atoms with E-state index in [2.05, 4.69) is 0 Å². The highest BCUT2D eigenvalue weighted by molar-refractivity contribution is 7.90. The maximum absolute atomic E-state index is 13.6. The van der Waals surface area contributed by atoms with Crippen LogP contribution in [0.3, 0.4) is 0 Å². The number of hydrogen-bond donors (Lipinski definition) is 0. The third kappa shape index (κ3) is 4.84. The molecule has 7 nitrogen and oxygen atoms in total. The van der Waals surface area contributed by atoms with Gasteiger partial charge in [-0.3, -0.25) is 4.79 Å². The number of methoxy groups -OCH3 is 1. The molecule has 0 bridgehead atoms. The van der Waals surface area contributed by atoms with E-state index in [1.54, 1.807) is 44.2 Å². The Hall–Kier alpha value is -1.58. The summed E-state index contributed by atoms with van der Waals surface area (Å²) in [5, 5.41) is 0.592. The molecule has 0 radical (unpaired) electrons. The maximum atomic E-state index is 13.6. The number of carbonyl (C=O) groups is 1. The third-order valence-electron chi connectivity index (χ3n) is 5.66. The number of carbonyl (C=O) groups excluding carboxylic acids is 1. The molecule has 32 heavy (non-hydrogen) atoms. The Kier molecular flexibility index (Phi) is 7.93. The number of allylic oxidation sites excluding steroid dienone is 3. The zero-order valence-corrected chi connectivity index (χ0v) is 20.6. The van der Waals surface area contributed by atoms with Gasteiger partial charge in [0.05, 0.1) is 22.6 Å². The molecule has 0 amide bonds. The first-order chi connectivity index (χ1) is 15.1. The van der Waals surface area contributed by atoms with Crippen LogP contribution in [0.25, 0.3) is 5.57 Å². The first kappa shape index (κ1) is 25.1. The third-order valence-corrected chi connectivity index (χ3v) is 8.94. The topological polar surface area (TPSA) is 82.1 Å². The van der Waals surface area contributed by atoms with Crippen molar-refractivity contribution in [3.05, 3.63) is 46.0 Å². The molecule has 1 saturated heterocycles. The smallest absolute Gasteiger partial charge is 0.310 e. The number of hydrogen-bond acceptors (Lipinski definition) is 6. The van der Waals surface area contributed by atoms with E-state index in [1.807, 2.05) is 0 Å². The lowest BCUT2D eigenvalue weighted by molar-refractivity contribution is -0.147. The average Bonchev–Trinajstić information content (AvgIpc) is 3.26. The van der Waals surface area contributed by atoms with Crippen LogP contribution in [0.1, 0.15) is 32.3 Å². The van der Waals surface area contributed by atoms with Gasteiger partial charge in [-0.25, -0.2) is 12.7 Å². The SMILES string of the molecule is CCOC(=O)C1CCN(S(=O)(=O)C2(C)C=C(c3c(OCOC)ccc(Cl)c3Cl)C=CC2)C1. The van der Waals surface area contributed by atoms with Crippen molar-refractivity contribution in [1.29, 1.82) is 0 Å². The molecule has 0 aromatic heterocycles. The van der Waals surface area contributed by atoms with Crippen molar-refractivity contribution >= 4 is 44.8 Å². The number of sulfonamides is 1. The first-order valence-corrected chi connectivity index (χ1v) is 12.5. The van der Waals surface area contributed by atoms with E-state index in [0.29, 0.717) is 28.3 Å². The molecule has 10 heteroatoms. The Morgan fingerprint density at radius 2 is 2.06 bits per heavy atom. The van der Waals surface area contributed by atoms with Crippen molar-refractivity contribution < 1.29 is 27.4 Å². The minimum Gasteiger partial charge on any atom is -0.467 e. The van der Waals surface area contributed by atoms with Crippen LogP contribution in [0, 0.1) is 5.92 Å². The van der Waals surface area contributed by atoms with Gasteiger partial charge in [0.1, 0.15) is 10.5 Å². The highest BCUT2D eigenvalue weighted by atomic mass is 35.5. The Morgan fingerprint density at radius 1 is 1.31 bits per heavy atom. The number of halogens is 2. The summed E-state index contributed by atoms with van der Waals surface area (Å²) in [6, 6.07) is 3.28. The minimum absolute atomic E-state index is 0.000543. The number of rotatable bonds is 8. The minimum atomic E-state index is -3.78. The molecule has 1 heterocycles. The van der Waals surface area contributed by atoms with Crippen molar-refractivity contribution in [2.75, 3.05) is 33.6 Å². The Balaban J connectivity index is 1.95. The van der Waals surface area contributed by atoms with Crippen LogP contribution in [-0.4, -0.2) is 57.0 Å². The predicted octanol–water partition coefficient (Wildman–Crippen LogP) is 4.29. The van der Waals surface area contributed by atoms with Crippen LogP contribution in [0.4, 0.5) is 0 Å². The number of ether oxygens (including phenoxy) is 3. The molecule has 2 atom stereocenters. The van der Waals surface area contributed by atoms with Crippen LogP contribution in [0.5, 0.6) is 5.75 Å². The second-order valence-corrected chi connectivity index (χ2v) is 11.1. The van der Waals surface area contributed by atoms with Gasteiger partial charge in [0.2, 0.25) is 10.0 Å². The van der Waals surface area contributed by atoms with Gasteiger partial charge < -0.3 is 14.2 Å². The molecule has 176 valence electrons. The summed E-state index contributed by atoms with van der Waals surface area (Å²) in [6.07, 6.45) is 6.00. The lowest BCUT2D eigenvalue weighted by Crippen LogP contribution is -2.45. The van der Waals surface area contributed by atoms with Gasteiger partial charge in [-0.2, -0.15) is 0 Å². The highest BCUT2D eigenvalue weighted by Crippen LogP contribution is 2.43. The molecule has 1 aromatic carbocycles. The van der Waals surface area contributed by atoms with Gasteiger partial charge in [-0.05, 0) is 44.4 Å². The summed E-state index contributed by atoms with van der Waals surface area (Å²) in [5.41, 5.74) is 1.08. The van der Waals surface area contributed by atoms with Gasteiger partial charge in [0.25, 0.3) is 0 Å².